The molecule has 0 atom stereocenters. The SMILES string of the molecule is O=S(=O)(CF)Cc1cnccn1. The average Bonchev–Trinajstić information content (AvgIpc) is 2.06. The summed E-state index contributed by atoms with van der Waals surface area (Å²) in [6.07, 6.45) is 4.09. The maximum absolute atomic E-state index is 11.8. The second-order valence-corrected chi connectivity index (χ2v) is 4.19. The first-order chi connectivity index (χ1) is 5.64. The van der Waals surface area contributed by atoms with Crippen LogP contribution in [0.1, 0.15) is 5.69 Å². The summed E-state index contributed by atoms with van der Waals surface area (Å²) in [4.78, 5) is 7.36. The molecule has 4 nitrogen and oxygen atoms in total. The minimum absolute atomic E-state index is 0.259. The molecule has 0 spiro atoms. The predicted octanol–water partition coefficient (Wildman–Crippen LogP) is 0.318. The monoisotopic (exact) mass is 190 g/mol. The van der Waals surface area contributed by atoms with Crippen molar-refractivity contribution in [2.75, 3.05) is 6.01 Å². The molecule has 0 unspecified atom stereocenters. The van der Waals surface area contributed by atoms with Gasteiger partial charge in [-0.05, 0) is 0 Å². The Kier molecular flexibility index (Phi) is 2.69. The fraction of sp³-hybridized carbons (Fsp3) is 0.333. The first-order valence-electron chi connectivity index (χ1n) is 3.15. The molecule has 1 rings (SSSR count). The van der Waals surface area contributed by atoms with Crippen LogP contribution in [0, 0.1) is 0 Å². The molecule has 6 heteroatoms. The third kappa shape index (κ3) is 2.54. The molecule has 0 amide bonds. The first-order valence-corrected chi connectivity index (χ1v) is 4.97. The topological polar surface area (TPSA) is 59.9 Å². The van der Waals surface area contributed by atoms with Crippen molar-refractivity contribution >= 4 is 9.84 Å². The summed E-state index contributed by atoms with van der Waals surface area (Å²) in [5.74, 6) is -0.392. The standard InChI is InChI=1S/C6H7FN2O2S/c7-5-12(10,11)4-6-3-8-1-2-9-6/h1-3H,4-5H2. The first kappa shape index (κ1) is 9.05. The third-order valence-corrected chi connectivity index (χ3v) is 2.22. The van der Waals surface area contributed by atoms with E-state index in [1.165, 1.54) is 18.6 Å². The van der Waals surface area contributed by atoms with E-state index in [1.54, 1.807) is 0 Å². The predicted molar refractivity (Wildman–Crippen MR) is 40.6 cm³/mol. The number of hydrogen-bond donors (Lipinski definition) is 0. The smallest absolute Gasteiger partial charge is 0.191 e. The lowest BCUT2D eigenvalue weighted by atomic mass is 10.5. The molecule has 12 heavy (non-hydrogen) atoms. The summed E-state index contributed by atoms with van der Waals surface area (Å²) in [6.45, 7) is 0. The van der Waals surface area contributed by atoms with Gasteiger partial charge >= 0.3 is 0 Å². The molecule has 0 fully saturated rings. The Morgan fingerprint density at radius 3 is 2.67 bits per heavy atom. The summed E-state index contributed by atoms with van der Waals surface area (Å²) in [5, 5.41) is 0. The van der Waals surface area contributed by atoms with Gasteiger partial charge in [-0.25, -0.2) is 12.8 Å². The van der Waals surface area contributed by atoms with E-state index in [4.69, 9.17) is 0 Å². The highest BCUT2D eigenvalue weighted by molar-refractivity contribution is 7.90. The van der Waals surface area contributed by atoms with Crippen molar-refractivity contribution in [1.29, 1.82) is 0 Å². The van der Waals surface area contributed by atoms with Gasteiger partial charge in [0.15, 0.2) is 15.8 Å². The van der Waals surface area contributed by atoms with E-state index in [0.717, 1.165) is 0 Å². The van der Waals surface area contributed by atoms with Gasteiger partial charge in [0.05, 0.1) is 11.4 Å². The normalized spacial score (nSPS) is 11.4. The van der Waals surface area contributed by atoms with Gasteiger partial charge in [0.25, 0.3) is 0 Å². The van der Waals surface area contributed by atoms with E-state index < -0.39 is 21.6 Å². The van der Waals surface area contributed by atoms with Crippen molar-refractivity contribution in [3.8, 4) is 0 Å². The van der Waals surface area contributed by atoms with Gasteiger partial charge in [-0.3, -0.25) is 9.97 Å². The molecule has 1 heterocycles. The molecule has 0 aliphatic rings. The zero-order valence-corrected chi connectivity index (χ0v) is 6.96. The van der Waals surface area contributed by atoms with Crippen LogP contribution in [0.4, 0.5) is 4.39 Å². The molecule has 1 aromatic heterocycles. The summed E-state index contributed by atoms with van der Waals surface area (Å²) in [6, 6.07) is -1.36. The number of alkyl halides is 1. The van der Waals surface area contributed by atoms with Gasteiger partial charge in [-0.15, -0.1) is 0 Å². The van der Waals surface area contributed by atoms with Crippen LogP contribution in [0.5, 0.6) is 0 Å². The van der Waals surface area contributed by atoms with Crippen LogP contribution in [0.25, 0.3) is 0 Å². The van der Waals surface area contributed by atoms with Crippen molar-refractivity contribution in [3.63, 3.8) is 0 Å². The summed E-state index contributed by atoms with van der Waals surface area (Å²) in [5.41, 5.74) is 0.259. The van der Waals surface area contributed by atoms with Crippen LogP contribution in [0.15, 0.2) is 18.6 Å². The molecule has 1 aromatic rings. The Bertz CT molecular complexity index is 338. The Balaban J connectivity index is 2.78. The highest BCUT2D eigenvalue weighted by atomic mass is 32.2. The minimum Gasteiger partial charge on any atom is -0.261 e. The van der Waals surface area contributed by atoms with Crippen LogP contribution in [0.3, 0.4) is 0 Å². The zero-order valence-electron chi connectivity index (χ0n) is 6.14. The Hall–Kier alpha value is -1.04. The van der Waals surface area contributed by atoms with Crippen LogP contribution < -0.4 is 0 Å². The second kappa shape index (κ2) is 3.57. The van der Waals surface area contributed by atoms with E-state index in [1.807, 2.05) is 0 Å². The molecule has 0 aliphatic carbocycles. The molecular weight excluding hydrogens is 183 g/mol. The lowest BCUT2D eigenvalue weighted by Crippen LogP contribution is -2.07. The Labute approximate surface area is 69.4 Å². The van der Waals surface area contributed by atoms with E-state index in [9.17, 15) is 12.8 Å². The van der Waals surface area contributed by atoms with Gasteiger partial charge in [-0.2, -0.15) is 0 Å². The maximum atomic E-state index is 11.8. The van der Waals surface area contributed by atoms with Crippen molar-refractivity contribution in [3.05, 3.63) is 24.3 Å². The van der Waals surface area contributed by atoms with Gasteiger partial charge < -0.3 is 0 Å². The molecular formula is C6H7FN2O2S. The largest absolute Gasteiger partial charge is 0.261 e. The maximum Gasteiger partial charge on any atom is 0.191 e. The highest BCUT2D eigenvalue weighted by Gasteiger charge is 2.11. The van der Waals surface area contributed by atoms with Crippen LogP contribution in [-0.4, -0.2) is 24.4 Å². The van der Waals surface area contributed by atoms with Crippen LogP contribution in [0.2, 0.25) is 0 Å². The molecule has 0 bridgehead atoms. The van der Waals surface area contributed by atoms with E-state index in [0.29, 0.717) is 0 Å². The molecule has 0 saturated carbocycles. The van der Waals surface area contributed by atoms with Gasteiger partial charge in [0.1, 0.15) is 0 Å². The summed E-state index contributed by atoms with van der Waals surface area (Å²) >= 11 is 0. The lowest BCUT2D eigenvalue weighted by Gasteiger charge is -1.96. The highest BCUT2D eigenvalue weighted by Crippen LogP contribution is 2.01. The van der Waals surface area contributed by atoms with Crippen LogP contribution in [-0.2, 0) is 15.6 Å². The van der Waals surface area contributed by atoms with Gasteiger partial charge in [0.2, 0.25) is 0 Å². The lowest BCUT2D eigenvalue weighted by molar-refractivity contribution is 0.533. The zero-order chi connectivity index (χ0) is 9.03. The average molecular weight is 190 g/mol. The van der Waals surface area contributed by atoms with Crippen molar-refractivity contribution in [2.45, 2.75) is 5.75 Å². The van der Waals surface area contributed by atoms with Crippen molar-refractivity contribution in [1.82, 2.24) is 9.97 Å². The Morgan fingerprint density at radius 2 is 2.17 bits per heavy atom. The quantitative estimate of drug-likeness (QED) is 0.688. The molecule has 0 N–H and O–H groups in total. The molecule has 0 saturated heterocycles. The molecule has 0 radical (unpaired) electrons. The number of aromatic nitrogens is 2. The fourth-order valence-corrected chi connectivity index (χ4v) is 1.35. The fourth-order valence-electron chi connectivity index (χ4n) is 0.668. The number of hydrogen-bond acceptors (Lipinski definition) is 4. The van der Waals surface area contributed by atoms with Gasteiger partial charge in [-0.1, -0.05) is 0 Å². The number of sulfone groups is 1. The van der Waals surface area contributed by atoms with Gasteiger partial charge in [0, 0.05) is 18.6 Å². The van der Waals surface area contributed by atoms with E-state index >= 15 is 0 Å². The van der Waals surface area contributed by atoms with Crippen LogP contribution >= 0.6 is 0 Å². The molecule has 66 valence electrons. The number of nitrogens with zero attached hydrogens (tertiary/aromatic N) is 2. The summed E-state index contributed by atoms with van der Waals surface area (Å²) < 4.78 is 33.3. The summed E-state index contributed by atoms with van der Waals surface area (Å²) in [7, 11) is -3.64. The molecule has 0 aromatic carbocycles. The number of halogens is 1. The van der Waals surface area contributed by atoms with Crippen molar-refractivity contribution in [2.24, 2.45) is 0 Å². The minimum atomic E-state index is -3.64. The molecule has 0 aliphatic heterocycles. The third-order valence-electron chi connectivity index (χ3n) is 1.15. The van der Waals surface area contributed by atoms with Crippen molar-refractivity contribution < 1.29 is 12.8 Å². The van der Waals surface area contributed by atoms with E-state index in [-0.39, 0.29) is 5.69 Å². The second-order valence-electron chi connectivity index (χ2n) is 2.19. The number of rotatable bonds is 3. The van der Waals surface area contributed by atoms with E-state index in [2.05, 4.69) is 9.97 Å². The Morgan fingerprint density at radius 1 is 1.42 bits per heavy atom.